The van der Waals surface area contributed by atoms with Crippen LogP contribution in [0.25, 0.3) is 10.1 Å². The maximum absolute atomic E-state index is 4.66. The fourth-order valence-electron chi connectivity index (χ4n) is 1.47. The van der Waals surface area contributed by atoms with Crippen LogP contribution in [0.1, 0.15) is 5.82 Å². The highest BCUT2D eigenvalue weighted by Crippen LogP contribution is 2.25. The van der Waals surface area contributed by atoms with Gasteiger partial charge in [-0.25, -0.2) is 4.98 Å². The van der Waals surface area contributed by atoms with Gasteiger partial charge in [-0.2, -0.15) is 4.98 Å². The van der Waals surface area contributed by atoms with Crippen LogP contribution in [0, 0.1) is 0 Å². The number of fused-ring (bicyclic) bond motifs is 1. The van der Waals surface area contributed by atoms with Gasteiger partial charge in [-0.15, -0.1) is 11.3 Å². The number of hydrogen-bond donors (Lipinski definition) is 1. The average Bonchev–Trinajstić information content (AvgIpc) is 2.97. The van der Waals surface area contributed by atoms with Crippen LogP contribution in [-0.2, 0) is 6.54 Å². The van der Waals surface area contributed by atoms with Gasteiger partial charge < -0.3 is 9.84 Å². The molecule has 0 atom stereocenters. The Kier molecular flexibility index (Phi) is 2.26. The molecule has 3 rings (SSSR count). The van der Waals surface area contributed by atoms with Crippen LogP contribution in [-0.4, -0.2) is 15.1 Å². The van der Waals surface area contributed by atoms with E-state index < -0.39 is 0 Å². The molecule has 0 saturated carbocycles. The molecule has 80 valence electrons. The summed E-state index contributed by atoms with van der Waals surface area (Å²) in [6.07, 6.45) is 3.10. The number of aromatic nitrogens is 3. The number of pyridine rings is 1. The minimum Gasteiger partial charge on any atom is -0.362 e. The second-order valence-electron chi connectivity index (χ2n) is 3.19. The molecule has 0 fully saturated rings. The number of thiophene rings is 1. The molecule has 0 bridgehead atoms. The Bertz CT molecular complexity index is 590. The first-order valence-corrected chi connectivity index (χ1v) is 5.63. The first kappa shape index (κ1) is 9.29. The van der Waals surface area contributed by atoms with Gasteiger partial charge >= 0.3 is 0 Å². The molecule has 0 aliphatic rings. The van der Waals surface area contributed by atoms with E-state index in [4.69, 9.17) is 0 Å². The Morgan fingerprint density at radius 3 is 3.19 bits per heavy atom. The van der Waals surface area contributed by atoms with Crippen molar-refractivity contribution in [1.29, 1.82) is 0 Å². The zero-order chi connectivity index (χ0) is 10.8. The van der Waals surface area contributed by atoms with Gasteiger partial charge in [0.15, 0.2) is 5.82 Å². The number of rotatable bonds is 3. The van der Waals surface area contributed by atoms with Crippen LogP contribution in [0.3, 0.4) is 0 Å². The summed E-state index contributed by atoms with van der Waals surface area (Å²) in [5.74, 6) is 1.47. The molecule has 0 unspecified atom stereocenters. The Hall–Kier alpha value is -1.95. The molecule has 16 heavy (non-hydrogen) atoms. The molecule has 0 aromatic carbocycles. The van der Waals surface area contributed by atoms with E-state index in [1.165, 1.54) is 11.1 Å². The summed E-state index contributed by atoms with van der Waals surface area (Å²) in [6, 6.07) is 4.05. The van der Waals surface area contributed by atoms with Crippen LogP contribution in [0.4, 0.5) is 5.82 Å². The van der Waals surface area contributed by atoms with E-state index in [1.54, 1.807) is 17.5 Å². The van der Waals surface area contributed by atoms with Crippen molar-refractivity contribution in [2.24, 2.45) is 0 Å². The van der Waals surface area contributed by atoms with Crippen LogP contribution in [0.5, 0.6) is 0 Å². The molecule has 1 N–H and O–H groups in total. The standard InChI is InChI=1S/C10H8N4OS/c1-3-11-10(7-2-4-16-8(1)7)12-5-9-13-6-15-14-9/h1-4,6H,5H2,(H,11,12). The van der Waals surface area contributed by atoms with E-state index in [2.05, 4.69) is 25.0 Å². The van der Waals surface area contributed by atoms with Gasteiger partial charge in [0.25, 0.3) is 0 Å². The molecule has 3 aromatic heterocycles. The smallest absolute Gasteiger partial charge is 0.213 e. The molecule has 0 amide bonds. The monoisotopic (exact) mass is 232 g/mol. The lowest BCUT2D eigenvalue weighted by molar-refractivity contribution is 0.411. The topological polar surface area (TPSA) is 63.8 Å². The molecule has 3 heterocycles. The number of nitrogens with zero attached hydrogens (tertiary/aromatic N) is 3. The average molecular weight is 232 g/mol. The fraction of sp³-hybridized carbons (Fsp3) is 0.100. The predicted molar refractivity (Wildman–Crippen MR) is 61.2 cm³/mol. The fourth-order valence-corrected chi connectivity index (χ4v) is 2.25. The van der Waals surface area contributed by atoms with Crippen LogP contribution < -0.4 is 5.32 Å². The third-order valence-electron chi connectivity index (χ3n) is 2.20. The van der Waals surface area contributed by atoms with E-state index in [0.29, 0.717) is 12.4 Å². The highest BCUT2D eigenvalue weighted by atomic mass is 32.1. The summed E-state index contributed by atoms with van der Waals surface area (Å²) in [6.45, 7) is 0.512. The summed E-state index contributed by atoms with van der Waals surface area (Å²) in [5.41, 5.74) is 0. The van der Waals surface area contributed by atoms with Crippen molar-refractivity contribution in [3.05, 3.63) is 35.9 Å². The van der Waals surface area contributed by atoms with E-state index in [1.807, 2.05) is 17.5 Å². The second kappa shape index (κ2) is 3.90. The van der Waals surface area contributed by atoms with Crippen LogP contribution in [0.2, 0.25) is 0 Å². The van der Waals surface area contributed by atoms with Crippen molar-refractivity contribution in [3.63, 3.8) is 0 Å². The van der Waals surface area contributed by atoms with Crippen LogP contribution in [0.15, 0.2) is 34.6 Å². The Morgan fingerprint density at radius 2 is 2.31 bits per heavy atom. The third kappa shape index (κ3) is 1.63. The SMILES string of the molecule is c1cc2sccc2c(NCc2ncon2)n1. The van der Waals surface area contributed by atoms with Crippen molar-refractivity contribution in [1.82, 2.24) is 15.1 Å². The summed E-state index contributed by atoms with van der Waals surface area (Å²) >= 11 is 1.70. The zero-order valence-corrected chi connectivity index (χ0v) is 9.07. The third-order valence-corrected chi connectivity index (χ3v) is 3.08. The highest BCUT2D eigenvalue weighted by Gasteiger charge is 2.04. The molecular weight excluding hydrogens is 224 g/mol. The van der Waals surface area contributed by atoms with Crippen molar-refractivity contribution in [2.45, 2.75) is 6.54 Å². The van der Waals surface area contributed by atoms with Crippen molar-refractivity contribution in [2.75, 3.05) is 5.32 Å². The first-order valence-electron chi connectivity index (χ1n) is 4.75. The van der Waals surface area contributed by atoms with E-state index in [0.717, 1.165) is 11.2 Å². The van der Waals surface area contributed by atoms with Gasteiger partial charge in [-0.3, -0.25) is 0 Å². The van der Waals surface area contributed by atoms with Gasteiger partial charge in [0, 0.05) is 16.3 Å². The maximum Gasteiger partial charge on any atom is 0.213 e. The lowest BCUT2D eigenvalue weighted by atomic mass is 10.3. The summed E-state index contributed by atoms with van der Waals surface area (Å²) in [4.78, 5) is 8.22. The molecule has 5 nitrogen and oxygen atoms in total. The zero-order valence-electron chi connectivity index (χ0n) is 8.25. The highest BCUT2D eigenvalue weighted by molar-refractivity contribution is 7.17. The molecule has 0 aliphatic carbocycles. The van der Waals surface area contributed by atoms with E-state index >= 15 is 0 Å². The van der Waals surface area contributed by atoms with Crippen molar-refractivity contribution in [3.8, 4) is 0 Å². The molecule has 0 radical (unpaired) electrons. The Labute approximate surface area is 95.1 Å². The van der Waals surface area contributed by atoms with Gasteiger partial charge in [0.1, 0.15) is 5.82 Å². The lowest BCUT2D eigenvalue weighted by Gasteiger charge is -2.03. The molecule has 0 aliphatic heterocycles. The minimum atomic E-state index is 0.512. The summed E-state index contributed by atoms with van der Waals surface area (Å²) in [5, 5.41) is 10.1. The van der Waals surface area contributed by atoms with Crippen molar-refractivity contribution >= 4 is 27.2 Å². The van der Waals surface area contributed by atoms with E-state index in [-0.39, 0.29) is 0 Å². The number of nitrogens with one attached hydrogen (secondary N) is 1. The minimum absolute atomic E-state index is 0.512. The molecule has 3 aromatic rings. The Balaban J connectivity index is 1.86. The molecule has 0 spiro atoms. The molecule has 0 saturated heterocycles. The van der Waals surface area contributed by atoms with E-state index in [9.17, 15) is 0 Å². The van der Waals surface area contributed by atoms with Gasteiger partial charge in [0.2, 0.25) is 6.39 Å². The van der Waals surface area contributed by atoms with Crippen LogP contribution >= 0.6 is 11.3 Å². The largest absolute Gasteiger partial charge is 0.362 e. The molecular formula is C10H8N4OS. The number of hydrogen-bond acceptors (Lipinski definition) is 6. The lowest BCUT2D eigenvalue weighted by Crippen LogP contribution is -2.02. The first-order chi connectivity index (χ1) is 7.93. The van der Waals surface area contributed by atoms with Crippen molar-refractivity contribution < 1.29 is 4.52 Å². The predicted octanol–water partition coefficient (Wildman–Crippen LogP) is 2.29. The maximum atomic E-state index is 4.66. The normalized spacial score (nSPS) is 10.8. The second-order valence-corrected chi connectivity index (χ2v) is 4.14. The summed E-state index contributed by atoms with van der Waals surface area (Å²) < 4.78 is 5.87. The van der Waals surface area contributed by atoms with Gasteiger partial charge in [-0.05, 0) is 17.5 Å². The quantitative estimate of drug-likeness (QED) is 0.750. The van der Waals surface area contributed by atoms with Gasteiger partial charge in [-0.1, -0.05) is 5.16 Å². The summed E-state index contributed by atoms with van der Waals surface area (Å²) in [7, 11) is 0. The number of anilines is 1. The van der Waals surface area contributed by atoms with Gasteiger partial charge in [0.05, 0.1) is 6.54 Å². The Morgan fingerprint density at radius 1 is 1.31 bits per heavy atom. The molecule has 6 heteroatoms.